The van der Waals surface area contributed by atoms with Crippen LogP contribution in [0.3, 0.4) is 0 Å². The van der Waals surface area contributed by atoms with Gasteiger partial charge in [0.25, 0.3) is 0 Å². The third-order valence-electron chi connectivity index (χ3n) is 7.17. The van der Waals surface area contributed by atoms with Crippen molar-refractivity contribution in [3.05, 3.63) is 23.8 Å². The molecule has 0 radical (unpaired) electrons. The van der Waals surface area contributed by atoms with E-state index in [1.165, 1.54) is 6.92 Å². The Balaban J connectivity index is 1.88. The maximum Gasteiger partial charge on any atom is 0.341 e. The van der Waals surface area contributed by atoms with E-state index in [1.54, 1.807) is 27.7 Å². The highest BCUT2D eigenvalue weighted by molar-refractivity contribution is 5.94. The molecule has 4 aliphatic rings. The molecule has 1 N–H and O–H groups in total. The first-order valence-electron chi connectivity index (χ1n) is 10.4. The lowest BCUT2D eigenvalue weighted by atomic mass is 9.72. The molecule has 0 aromatic heterocycles. The van der Waals surface area contributed by atoms with Gasteiger partial charge >= 0.3 is 17.9 Å². The van der Waals surface area contributed by atoms with Crippen molar-refractivity contribution in [2.24, 2.45) is 5.41 Å². The van der Waals surface area contributed by atoms with E-state index >= 15 is 0 Å². The van der Waals surface area contributed by atoms with Crippen LogP contribution < -0.4 is 0 Å². The van der Waals surface area contributed by atoms with Crippen LogP contribution >= 0.6 is 0 Å². The molecule has 0 saturated carbocycles. The first-order chi connectivity index (χ1) is 14.4. The third kappa shape index (κ3) is 2.97. The molecular weight excluding hydrogens is 408 g/mol. The normalized spacial score (nSPS) is 47.8. The first-order valence-corrected chi connectivity index (χ1v) is 10.4. The lowest BCUT2D eigenvalue weighted by Gasteiger charge is -2.39. The predicted octanol–water partition coefficient (Wildman–Crippen LogP) is 1.32. The minimum absolute atomic E-state index is 0.0974. The minimum atomic E-state index is -1.73. The summed E-state index contributed by atoms with van der Waals surface area (Å²) in [6.45, 7) is 11.9. The van der Waals surface area contributed by atoms with E-state index in [0.717, 1.165) is 0 Å². The summed E-state index contributed by atoms with van der Waals surface area (Å²) in [6, 6.07) is 0. The topological polar surface area (TPSA) is 121 Å². The van der Waals surface area contributed by atoms with Gasteiger partial charge in [-0.3, -0.25) is 4.79 Å². The van der Waals surface area contributed by atoms with E-state index in [-0.39, 0.29) is 11.7 Å². The summed E-state index contributed by atoms with van der Waals surface area (Å²) in [5.74, 6) is -2.01. The molecule has 9 nitrogen and oxygen atoms in total. The smallest absolute Gasteiger partial charge is 0.341 e. The Hall–Kier alpha value is -2.23. The zero-order valence-electron chi connectivity index (χ0n) is 18.3. The number of aliphatic hydroxyl groups is 1. The van der Waals surface area contributed by atoms with Crippen molar-refractivity contribution in [3.8, 4) is 0 Å². The molecular formula is C22H28O9. The second-order valence-electron chi connectivity index (χ2n) is 9.24. The zero-order valence-corrected chi connectivity index (χ0v) is 18.3. The van der Waals surface area contributed by atoms with Gasteiger partial charge in [0.05, 0.1) is 17.1 Å². The van der Waals surface area contributed by atoms with Gasteiger partial charge in [0.1, 0.15) is 6.10 Å². The van der Waals surface area contributed by atoms with Gasteiger partial charge in [0, 0.05) is 6.92 Å². The van der Waals surface area contributed by atoms with Crippen molar-refractivity contribution in [1.82, 2.24) is 0 Å². The molecule has 1 aliphatic carbocycles. The molecule has 8 atom stereocenters. The molecule has 3 fully saturated rings. The first kappa shape index (κ1) is 22.0. The Morgan fingerprint density at radius 1 is 1.26 bits per heavy atom. The number of epoxide rings is 1. The summed E-state index contributed by atoms with van der Waals surface area (Å²) in [5.41, 5.74) is -3.37. The molecule has 0 unspecified atom stereocenters. The number of esters is 3. The maximum atomic E-state index is 13.1. The summed E-state index contributed by atoms with van der Waals surface area (Å²) in [6.07, 6.45) is -2.30. The predicted molar refractivity (Wildman–Crippen MR) is 104 cm³/mol. The van der Waals surface area contributed by atoms with Gasteiger partial charge in [-0.25, -0.2) is 9.59 Å². The molecule has 9 heteroatoms. The quantitative estimate of drug-likeness (QED) is 0.230. The molecule has 3 heterocycles. The SMILES string of the molecule is C=C1C(=O)O[C@@H]2[C@]3(C)CC/C=C(/C)[C@@H](OC(C)=O)[C@@H](OC(=O)[C@]4(C)O[C@@H]4C)[C@@]12O[C@@H]3O. The van der Waals surface area contributed by atoms with Crippen LogP contribution in [0.25, 0.3) is 0 Å². The average Bonchev–Trinajstić information content (AvgIpc) is 3.14. The Morgan fingerprint density at radius 2 is 1.90 bits per heavy atom. The van der Waals surface area contributed by atoms with E-state index < -0.39 is 59.1 Å². The highest BCUT2D eigenvalue weighted by Gasteiger charge is 2.75. The van der Waals surface area contributed by atoms with E-state index in [1.807, 2.05) is 6.08 Å². The Kier molecular flexibility index (Phi) is 4.88. The summed E-state index contributed by atoms with van der Waals surface area (Å²) >= 11 is 0. The van der Waals surface area contributed by atoms with Gasteiger partial charge in [-0.15, -0.1) is 0 Å². The molecule has 0 aromatic carbocycles. The van der Waals surface area contributed by atoms with Crippen molar-refractivity contribution in [2.45, 2.75) is 89.4 Å². The molecule has 0 amide bonds. The van der Waals surface area contributed by atoms with E-state index in [9.17, 15) is 19.5 Å². The van der Waals surface area contributed by atoms with E-state index in [0.29, 0.717) is 18.4 Å². The Morgan fingerprint density at radius 3 is 2.48 bits per heavy atom. The van der Waals surface area contributed by atoms with E-state index in [2.05, 4.69) is 6.58 Å². The van der Waals surface area contributed by atoms with Crippen LogP contribution in [0.15, 0.2) is 23.8 Å². The van der Waals surface area contributed by atoms with Crippen molar-refractivity contribution < 1.29 is 43.2 Å². The number of ether oxygens (including phenoxy) is 5. The standard InChI is InChI=1S/C22H28O9/c1-10-8-7-9-20(5)17-22(31-18(20)25,11(2)16(24)29-17)15(14(10)27-13(4)23)28-19(26)21(6)12(3)30-21/h8,12,14-15,17-18,25H,2,7,9H2,1,3-6H3/b10-8-/t12-,14-,15-,17-,18+,20+,21-,22+/m1/s1. The Labute approximate surface area is 180 Å². The molecule has 3 aliphatic heterocycles. The molecule has 0 spiro atoms. The molecule has 4 rings (SSSR count). The number of aliphatic hydroxyl groups excluding tert-OH is 1. The molecule has 170 valence electrons. The Bertz CT molecular complexity index is 893. The number of rotatable bonds is 3. The highest BCUT2D eigenvalue weighted by atomic mass is 16.7. The van der Waals surface area contributed by atoms with Gasteiger partial charge < -0.3 is 28.8 Å². The average molecular weight is 436 g/mol. The lowest BCUT2D eigenvalue weighted by molar-refractivity contribution is -0.213. The fourth-order valence-electron chi connectivity index (χ4n) is 4.89. The van der Waals surface area contributed by atoms with Gasteiger partial charge in [-0.2, -0.15) is 0 Å². The van der Waals surface area contributed by atoms with Crippen LogP contribution in [0.4, 0.5) is 0 Å². The summed E-state index contributed by atoms with van der Waals surface area (Å²) in [5, 5.41) is 10.9. The number of hydrogen-bond acceptors (Lipinski definition) is 9. The third-order valence-corrected chi connectivity index (χ3v) is 7.17. The summed E-state index contributed by atoms with van der Waals surface area (Å²) < 4.78 is 28.5. The fraction of sp³-hybridized carbons (Fsp3) is 0.682. The van der Waals surface area contributed by atoms with Crippen LogP contribution in [-0.4, -0.2) is 64.9 Å². The zero-order chi connectivity index (χ0) is 22.9. The second kappa shape index (κ2) is 6.88. The van der Waals surface area contributed by atoms with Gasteiger partial charge in [-0.1, -0.05) is 19.6 Å². The van der Waals surface area contributed by atoms with Gasteiger partial charge in [0.15, 0.2) is 29.7 Å². The maximum absolute atomic E-state index is 13.1. The minimum Gasteiger partial charge on any atom is -0.455 e. The van der Waals surface area contributed by atoms with Crippen molar-refractivity contribution in [3.63, 3.8) is 0 Å². The number of carbonyl (C=O) groups excluding carboxylic acids is 3. The summed E-state index contributed by atoms with van der Waals surface area (Å²) in [7, 11) is 0. The summed E-state index contributed by atoms with van der Waals surface area (Å²) in [4.78, 5) is 37.7. The van der Waals surface area contributed by atoms with Crippen molar-refractivity contribution >= 4 is 17.9 Å². The van der Waals surface area contributed by atoms with Crippen molar-refractivity contribution in [2.75, 3.05) is 0 Å². The van der Waals surface area contributed by atoms with Gasteiger partial charge in [0.2, 0.25) is 0 Å². The van der Waals surface area contributed by atoms with Crippen LogP contribution in [0.1, 0.15) is 47.5 Å². The largest absolute Gasteiger partial charge is 0.455 e. The van der Waals surface area contributed by atoms with Crippen LogP contribution in [0.2, 0.25) is 0 Å². The number of hydrogen-bond donors (Lipinski definition) is 1. The number of allylic oxidation sites excluding steroid dienone is 1. The van der Waals surface area contributed by atoms with Crippen molar-refractivity contribution in [1.29, 1.82) is 0 Å². The van der Waals surface area contributed by atoms with Crippen LogP contribution in [0.5, 0.6) is 0 Å². The molecule has 0 aromatic rings. The highest BCUT2D eigenvalue weighted by Crippen LogP contribution is 2.58. The van der Waals surface area contributed by atoms with Gasteiger partial charge in [-0.05, 0) is 39.2 Å². The molecule has 3 saturated heterocycles. The van der Waals surface area contributed by atoms with Crippen LogP contribution in [-0.2, 0) is 38.1 Å². The molecule has 31 heavy (non-hydrogen) atoms. The second-order valence-corrected chi connectivity index (χ2v) is 9.24. The fourth-order valence-corrected chi connectivity index (χ4v) is 4.89. The number of carbonyl (C=O) groups is 3. The lowest BCUT2D eigenvalue weighted by Crippen LogP contribution is -2.59. The monoisotopic (exact) mass is 436 g/mol. The van der Waals surface area contributed by atoms with E-state index in [4.69, 9.17) is 23.7 Å². The molecule has 2 bridgehead atoms. The van der Waals surface area contributed by atoms with Crippen LogP contribution in [0, 0.1) is 5.41 Å².